The summed E-state index contributed by atoms with van der Waals surface area (Å²) in [6.45, 7) is 3.65. The number of carbonyl (C=O) groups is 1. The van der Waals surface area contributed by atoms with Crippen LogP contribution < -0.4 is 10.1 Å². The van der Waals surface area contributed by atoms with Crippen LogP contribution in [0.1, 0.15) is 49.9 Å². The van der Waals surface area contributed by atoms with E-state index in [-0.39, 0.29) is 16.5 Å². The summed E-state index contributed by atoms with van der Waals surface area (Å²) in [4.78, 5) is 12.4. The van der Waals surface area contributed by atoms with Crippen molar-refractivity contribution in [3.8, 4) is 5.75 Å². The molecule has 1 aromatic rings. The number of benzene rings is 1. The maximum absolute atomic E-state index is 13.0. The molecule has 2 rings (SSSR count). The second-order valence-electron chi connectivity index (χ2n) is 6.93. The van der Waals surface area contributed by atoms with Gasteiger partial charge in [-0.05, 0) is 44.9 Å². The van der Waals surface area contributed by atoms with E-state index in [0.717, 1.165) is 12.8 Å². The Morgan fingerprint density at radius 3 is 2.54 bits per heavy atom. The lowest BCUT2D eigenvalue weighted by atomic mass is 9.93. The number of likely N-dealkylation sites (N-methyl/N-ethyl adjacent to an activating group) is 1. The van der Waals surface area contributed by atoms with Gasteiger partial charge in [0.25, 0.3) is 5.91 Å². The number of carbonyl (C=O) groups excluding carboxylic acids is 1. The summed E-state index contributed by atoms with van der Waals surface area (Å²) in [5, 5.41) is 12.9. The van der Waals surface area contributed by atoms with Gasteiger partial charge < -0.3 is 15.2 Å². The zero-order valence-electron chi connectivity index (χ0n) is 15.7. The average molecular weight is 384 g/mol. The third kappa shape index (κ3) is 4.36. The van der Waals surface area contributed by atoms with E-state index in [4.69, 9.17) is 4.74 Å². The molecule has 0 bridgehead atoms. The standard InChI is InChI=1S/C18H28N2O5S/c1-12(2)19-18(22)14-11-13(9-10-17(14)25-4)26(23,24)20(3)15-7-5-6-8-16(15)21/h9-12,15-16,21H,5-8H2,1-4H3,(H,19,22)/t15-,16+/m1/s1. The lowest BCUT2D eigenvalue weighted by Crippen LogP contribution is -2.46. The Morgan fingerprint density at radius 1 is 1.31 bits per heavy atom. The first-order valence-electron chi connectivity index (χ1n) is 8.83. The maximum atomic E-state index is 13.0. The summed E-state index contributed by atoms with van der Waals surface area (Å²) in [6.07, 6.45) is 2.31. The van der Waals surface area contributed by atoms with Crippen LogP contribution >= 0.6 is 0 Å². The second kappa shape index (κ2) is 8.37. The SMILES string of the molecule is COc1ccc(S(=O)(=O)N(C)[C@@H]2CCCC[C@@H]2O)cc1C(=O)NC(C)C. The Balaban J connectivity index is 2.38. The number of hydrogen-bond acceptors (Lipinski definition) is 5. The highest BCUT2D eigenvalue weighted by Crippen LogP contribution is 2.29. The van der Waals surface area contributed by atoms with Crippen molar-refractivity contribution in [1.82, 2.24) is 9.62 Å². The molecule has 1 saturated carbocycles. The summed E-state index contributed by atoms with van der Waals surface area (Å²) in [5.74, 6) is -0.0864. The highest BCUT2D eigenvalue weighted by molar-refractivity contribution is 7.89. The van der Waals surface area contributed by atoms with Gasteiger partial charge in [-0.3, -0.25) is 4.79 Å². The molecule has 1 aliphatic rings. The average Bonchev–Trinajstić information content (AvgIpc) is 2.60. The molecule has 0 spiro atoms. The first-order chi connectivity index (χ1) is 12.2. The van der Waals surface area contributed by atoms with Crippen LogP contribution in [0, 0.1) is 0 Å². The molecule has 1 aromatic carbocycles. The van der Waals surface area contributed by atoms with E-state index in [1.807, 2.05) is 13.8 Å². The van der Waals surface area contributed by atoms with Gasteiger partial charge in [-0.2, -0.15) is 4.31 Å². The van der Waals surface area contributed by atoms with Crippen molar-refractivity contribution in [3.63, 3.8) is 0 Å². The van der Waals surface area contributed by atoms with Crippen molar-refractivity contribution in [2.45, 2.75) is 62.6 Å². The molecule has 0 radical (unpaired) electrons. The zero-order valence-corrected chi connectivity index (χ0v) is 16.5. The molecular weight excluding hydrogens is 356 g/mol. The lowest BCUT2D eigenvalue weighted by molar-refractivity contribution is 0.0638. The van der Waals surface area contributed by atoms with Gasteiger partial charge in [0.1, 0.15) is 5.75 Å². The van der Waals surface area contributed by atoms with E-state index >= 15 is 0 Å². The van der Waals surface area contributed by atoms with E-state index in [1.54, 1.807) is 0 Å². The minimum atomic E-state index is -3.84. The van der Waals surface area contributed by atoms with Crippen LogP contribution in [0.3, 0.4) is 0 Å². The molecule has 2 N–H and O–H groups in total. The van der Waals surface area contributed by atoms with Crippen LogP contribution in [0.4, 0.5) is 0 Å². The van der Waals surface area contributed by atoms with Gasteiger partial charge in [-0.15, -0.1) is 0 Å². The van der Waals surface area contributed by atoms with Crippen molar-refractivity contribution in [2.24, 2.45) is 0 Å². The van der Waals surface area contributed by atoms with Crippen LogP contribution in [-0.4, -0.2) is 56.1 Å². The normalized spacial score (nSPS) is 21.0. The first-order valence-corrected chi connectivity index (χ1v) is 10.3. The molecule has 146 valence electrons. The molecule has 0 aliphatic heterocycles. The van der Waals surface area contributed by atoms with Gasteiger partial charge in [0.05, 0.1) is 29.7 Å². The summed E-state index contributed by atoms with van der Waals surface area (Å²) >= 11 is 0. The number of rotatable bonds is 6. The van der Waals surface area contributed by atoms with Crippen LogP contribution in [0.15, 0.2) is 23.1 Å². The number of aliphatic hydroxyl groups is 1. The van der Waals surface area contributed by atoms with Crippen molar-refractivity contribution >= 4 is 15.9 Å². The molecule has 2 atom stereocenters. The zero-order chi connectivity index (χ0) is 19.5. The van der Waals surface area contributed by atoms with E-state index in [9.17, 15) is 18.3 Å². The van der Waals surface area contributed by atoms with Gasteiger partial charge in [-0.25, -0.2) is 8.42 Å². The fourth-order valence-electron chi connectivity index (χ4n) is 3.23. The Kier molecular flexibility index (Phi) is 6.65. The number of nitrogens with zero attached hydrogens (tertiary/aromatic N) is 1. The van der Waals surface area contributed by atoms with E-state index in [1.165, 1.54) is 36.7 Å². The van der Waals surface area contributed by atoms with Crippen LogP contribution in [0.5, 0.6) is 5.75 Å². The molecular formula is C18H28N2O5S. The summed E-state index contributed by atoms with van der Waals surface area (Å²) < 4.78 is 32.5. The largest absolute Gasteiger partial charge is 0.496 e. The van der Waals surface area contributed by atoms with Gasteiger partial charge in [0.15, 0.2) is 0 Å². The molecule has 8 heteroatoms. The van der Waals surface area contributed by atoms with E-state index in [2.05, 4.69) is 5.32 Å². The van der Waals surface area contributed by atoms with Crippen LogP contribution in [0.25, 0.3) is 0 Å². The molecule has 0 heterocycles. The number of ether oxygens (including phenoxy) is 1. The van der Waals surface area contributed by atoms with Crippen molar-refractivity contribution in [2.75, 3.05) is 14.2 Å². The Hall–Kier alpha value is -1.64. The highest BCUT2D eigenvalue weighted by atomic mass is 32.2. The topological polar surface area (TPSA) is 95.9 Å². The fourth-order valence-corrected chi connectivity index (χ4v) is 4.67. The number of nitrogens with one attached hydrogen (secondary N) is 1. The van der Waals surface area contributed by atoms with Gasteiger partial charge in [0.2, 0.25) is 10.0 Å². The second-order valence-corrected chi connectivity index (χ2v) is 8.93. The number of amides is 1. The van der Waals surface area contributed by atoms with E-state index in [0.29, 0.717) is 18.6 Å². The molecule has 1 fully saturated rings. The number of aliphatic hydroxyl groups excluding tert-OH is 1. The Morgan fingerprint density at radius 2 is 1.96 bits per heavy atom. The van der Waals surface area contributed by atoms with Crippen LogP contribution in [0.2, 0.25) is 0 Å². The summed E-state index contributed by atoms with van der Waals surface area (Å²) in [5.41, 5.74) is 0.167. The Bertz CT molecular complexity index is 748. The Labute approximate surface area is 155 Å². The van der Waals surface area contributed by atoms with Gasteiger partial charge in [-0.1, -0.05) is 12.8 Å². The number of hydrogen-bond donors (Lipinski definition) is 2. The lowest BCUT2D eigenvalue weighted by Gasteiger charge is -2.34. The van der Waals surface area contributed by atoms with Crippen LogP contribution in [-0.2, 0) is 10.0 Å². The predicted molar refractivity (Wildman–Crippen MR) is 98.8 cm³/mol. The number of sulfonamides is 1. The quantitative estimate of drug-likeness (QED) is 0.779. The summed E-state index contributed by atoms with van der Waals surface area (Å²) in [7, 11) is -0.934. The third-order valence-corrected chi connectivity index (χ3v) is 6.55. The molecule has 26 heavy (non-hydrogen) atoms. The van der Waals surface area contributed by atoms with Crippen molar-refractivity contribution < 1.29 is 23.1 Å². The van der Waals surface area contributed by atoms with Crippen molar-refractivity contribution in [1.29, 1.82) is 0 Å². The molecule has 0 unspecified atom stereocenters. The first kappa shape index (κ1) is 20.7. The molecule has 0 saturated heterocycles. The molecule has 1 aliphatic carbocycles. The fraction of sp³-hybridized carbons (Fsp3) is 0.611. The van der Waals surface area contributed by atoms with Crippen molar-refractivity contribution in [3.05, 3.63) is 23.8 Å². The minimum Gasteiger partial charge on any atom is -0.496 e. The highest BCUT2D eigenvalue weighted by Gasteiger charge is 2.34. The summed E-state index contributed by atoms with van der Waals surface area (Å²) in [6, 6.07) is 3.69. The smallest absolute Gasteiger partial charge is 0.255 e. The van der Waals surface area contributed by atoms with Gasteiger partial charge in [0, 0.05) is 13.1 Å². The van der Waals surface area contributed by atoms with Gasteiger partial charge >= 0.3 is 0 Å². The monoisotopic (exact) mass is 384 g/mol. The molecule has 0 aromatic heterocycles. The predicted octanol–water partition coefficient (Wildman–Crippen LogP) is 1.76. The molecule has 1 amide bonds. The maximum Gasteiger partial charge on any atom is 0.255 e. The number of methoxy groups -OCH3 is 1. The molecule has 7 nitrogen and oxygen atoms in total. The third-order valence-electron chi connectivity index (χ3n) is 4.67. The van der Waals surface area contributed by atoms with E-state index < -0.39 is 28.1 Å². The minimum absolute atomic E-state index is 0.00693.